The molecule has 140 valence electrons. The quantitative estimate of drug-likeness (QED) is 0.574. The van der Waals surface area contributed by atoms with Gasteiger partial charge in [-0.05, 0) is 42.0 Å². The van der Waals surface area contributed by atoms with Gasteiger partial charge in [-0.2, -0.15) is 0 Å². The molecule has 0 saturated heterocycles. The Morgan fingerprint density at radius 1 is 1.07 bits per heavy atom. The van der Waals surface area contributed by atoms with Crippen molar-refractivity contribution in [2.75, 3.05) is 19.2 Å². The number of benzene rings is 2. The van der Waals surface area contributed by atoms with E-state index >= 15 is 0 Å². The molecule has 0 spiro atoms. The van der Waals surface area contributed by atoms with E-state index in [-0.39, 0.29) is 6.79 Å². The molecule has 28 heavy (non-hydrogen) atoms. The van der Waals surface area contributed by atoms with Gasteiger partial charge in [0.2, 0.25) is 6.79 Å². The van der Waals surface area contributed by atoms with Crippen LogP contribution in [0.2, 0.25) is 0 Å². The molecule has 1 aliphatic rings. The molecule has 0 atom stereocenters. The van der Waals surface area contributed by atoms with Crippen LogP contribution < -0.4 is 19.5 Å². The van der Waals surface area contributed by atoms with Crippen molar-refractivity contribution in [2.24, 2.45) is 0 Å². The first kappa shape index (κ1) is 16.4. The summed E-state index contributed by atoms with van der Waals surface area (Å²) in [5, 5.41) is 3.37. The van der Waals surface area contributed by atoms with Crippen molar-refractivity contribution >= 4 is 11.5 Å². The molecule has 0 amide bonds. The zero-order valence-electron chi connectivity index (χ0n) is 15.3. The van der Waals surface area contributed by atoms with Gasteiger partial charge in [0.15, 0.2) is 23.0 Å². The molecule has 3 heterocycles. The third-order valence-corrected chi connectivity index (χ3v) is 4.71. The zero-order valence-corrected chi connectivity index (χ0v) is 15.3. The highest BCUT2D eigenvalue weighted by atomic mass is 16.7. The monoisotopic (exact) mass is 374 g/mol. The number of aromatic nitrogens is 3. The molecule has 1 N–H and O–H groups in total. The van der Waals surface area contributed by atoms with Crippen molar-refractivity contribution < 1.29 is 14.2 Å². The summed E-state index contributed by atoms with van der Waals surface area (Å²) in [5.74, 6) is 3.10. The summed E-state index contributed by atoms with van der Waals surface area (Å²) in [7, 11) is 1.66. The van der Waals surface area contributed by atoms with Crippen molar-refractivity contribution in [1.82, 2.24) is 14.4 Å². The van der Waals surface area contributed by atoms with Crippen LogP contribution in [0.4, 0.5) is 5.82 Å². The van der Waals surface area contributed by atoms with Gasteiger partial charge in [0.05, 0.1) is 19.0 Å². The van der Waals surface area contributed by atoms with Gasteiger partial charge in [-0.1, -0.05) is 6.07 Å². The van der Waals surface area contributed by atoms with Crippen molar-refractivity contribution in [1.29, 1.82) is 0 Å². The van der Waals surface area contributed by atoms with Crippen LogP contribution in [-0.4, -0.2) is 28.3 Å². The SMILES string of the molecule is COc1ccc(-c2cnc3c(NCc4ccc5c(c4)OCO5)nccn23)cc1. The van der Waals surface area contributed by atoms with Crippen molar-refractivity contribution in [3.63, 3.8) is 0 Å². The Labute approximate surface area is 161 Å². The molecule has 7 nitrogen and oxygen atoms in total. The Kier molecular flexibility index (Phi) is 3.97. The molecular weight excluding hydrogens is 356 g/mol. The lowest BCUT2D eigenvalue weighted by Crippen LogP contribution is -2.04. The minimum atomic E-state index is 0.273. The number of hydrogen-bond acceptors (Lipinski definition) is 6. The molecule has 5 rings (SSSR count). The number of rotatable bonds is 5. The van der Waals surface area contributed by atoms with E-state index in [0.29, 0.717) is 6.54 Å². The van der Waals surface area contributed by atoms with E-state index in [1.807, 2.05) is 59.3 Å². The third-order valence-electron chi connectivity index (χ3n) is 4.71. The first-order valence-corrected chi connectivity index (χ1v) is 8.91. The molecule has 2 aromatic heterocycles. The number of anilines is 1. The Balaban J connectivity index is 1.42. The number of ether oxygens (including phenoxy) is 3. The standard InChI is InChI=1S/C21H18N4O3/c1-26-16-5-3-15(4-6-16)17-12-24-21-20(22-8-9-25(17)21)23-11-14-2-7-18-19(10-14)28-13-27-18/h2-10,12H,11,13H2,1H3,(H,22,23). The number of nitrogens with one attached hydrogen (secondary N) is 1. The van der Waals surface area contributed by atoms with Crippen LogP contribution in [0, 0.1) is 0 Å². The maximum Gasteiger partial charge on any atom is 0.231 e. The van der Waals surface area contributed by atoms with E-state index in [0.717, 1.165) is 45.5 Å². The topological polar surface area (TPSA) is 69.9 Å². The maximum atomic E-state index is 5.44. The first-order valence-electron chi connectivity index (χ1n) is 8.91. The van der Waals surface area contributed by atoms with Gasteiger partial charge in [-0.25, -0.2) is 9.97 Å². The predicted octanol–water partition coefficient (Wildman–Crippen LogP) is 3.75. The molecule has 1 aliphatic heterocycles. The van der Waals surface area contributed by atoms with Gasteiger partial charge in [-0.15, -0.1) is 0 Å². The van der Waals surface area contributed by atoms with Gasteiger partial charge in [-0.3, -0.25) is 4.40 Å². The first-order chi connectivity index (χ1) is 13.8. The van der Waals surface area contributed by atoms with Gasteiger partial charge < -0.3 is 19.5 Å². The molecule has 0 unspecified atom stereocenters. The summed E-state index contributed by atoms with van der Waals surface area (Å²) < 4.78 is 18.1. The predicted molar refractivity (Wildman–Crippen MR) is 105 cm³/mol. The smallest absolute Gasteiger partial charge is 0.231 e. The molecule has 4 aromatic rings. The van der Waals surface area contributed by atoms with Crippen LogP contribution >= 0.6 is 0 Å². The lowest BCUT2D eigenvalue weighted by molar-refractivity contribution is 0.174. The summed E-state index contributed by atoms with van der Waals surface area (Å²) in [6.07, 6.45) is 5.53. The second kappa shape index (κ2) is 6.77. The number of methoxy groups -OCH3 is 1. The fourth-order valence-corrected chi connectivity index (χ4v) is 3.26. The lowest BCUT2D eigenvalue weighted by Gasteiger charge is -2.09. The van der Waals surface area contributed by atoms with Crippen LogP contribution in [0.25, 0.3) is 16.9 Å². The Hall–Kier alpha value is -3.74. The molecule has 2 aromatic carbocycles. The van der Waals surface area contributed by atoms with Gasteiger partial charge >= 0.3 is 0 Å². The molecule has 7 heteroatoms. The highest BCUT2D eigenvalue weighted by Crippen LogP contribution is 2.33. The fourth-order valence-electron chi connectivity index (χ4n) is 3.26. The van der Waals surface area contributed by atoms with Crippen LogP contribution in [-0.2, 0) is 6.54 Å². The van der Waals surface area contributed by atoms with E-state index in [4.69, 9.17) is 14.2 Å². The Bertz CT molecular complexity index is 1140. The van der Waals surface area contributed by atoms with E-state index in [1.165, 1.54) is 0 Å². The minimum Gasteiger partial charge on any atom is -0.497 e. The van der Waals surface area contributed by atoms with Crippen molar-refractivity contribution in [3.8, 4) is 28.5 Å². The Morgan fingerprint density at radius 3 is 2.79 bits per heavy atom. The molecule has 0 radical (unpaired) electrons. The average Bonchev–Trinajstić information content (AvgIpc) is 3.39. The van der Waals surface area contributed by atoms with Crippen LogP contribution in [0.1, 0.15) is 5.56 Å². The lowest BCUT2D eigenvalue weighted by atomic mass is 10.1. The molecule has 0 bridgehead atoms. The van der Waals surface area contributed by atoms with Gasteiger partial charge in [0.25, 0.3) is 0 Å². The highest BCUT2D eigenvalue weighted by Gasteiger charge is 2.14. The summed E-state index contributed by atoms with van der Waals surface area (Å²) in [5.41, 5.74) is 3.90. The largest absolute Gasteiger partial charge is 0.497 e. The molecular formula is C21H18N4O3. The highest BCUT2D eigenvalue weighted by molar-refractivity contribution is 5.70. The normalized spacial score (nSPS) is 12.3. The minimum absolute atomic E-state index is 0.273. The van der Waals surface area contributed by atoms with E-state index in [2.05, 4.69) is 15.3 Å². The second-order valence-electron chi connectivity index (χ2n) is 6.38. The van der Waals surface area contributed by atoms with Crippen LogP contribution in [0.3, 0.4) is 0 Å². The van der Waals surface area contributed by atoms with Crippen molar-refractivity contribution in [3.05, 3.63) is 66.6 Å². The van der Waals surface area contributed by atoms with Gasteiger partial charge in [0, 0.05) is 24.5 Å². The van der Waals surface area contributed by atoms with Crippen molar-refractivity contribution in [2.45, 2.75) is 6.54 Å². The zero-order chi connectivity index (χ0) is 18.9. The van der Waals surface area contributed by atoms with Crippen LogP contribution in [0.15, 0.2) is 61.1 Å². The summed E-state index contributed by atoms with van der Waals surface area (Å²) in [6, 6.07) is 13.8. The number of imidazole rings is 1. The van der Waals surface area contributed by atoms with Gasteiger partial charge in [0.1, 0.15) is 5.75 Å². The maximum absolute atomic E-state index is 5.44. The number of nitrogens with zero attached hydrogens (tertiary/aromatic N) is 3. The molecule has 0 aliphatic carbocycles. The van der Waals surface area contributed by atoms with E-state index in [9.17, 15) is 0 Å². The summed E-state index contributed by atoms with van der Waals surface area (Å²) >= 11 is 0. The van der Waals surface area contributed by atoms with Crippen LogP contribution in [0.5, 0.6) is 17.2 Å². The third kappa shape index (κ3) is 2.87. The molecule has 0 saturated carbocycles. The Morgan fingerprint density at radius 2 is 1.93 bits per heavy atom. The summed E-state index contributed by atoms with van der Waals surface area (Å²) in [6.45, 7) is 0.878. The second-order valence-corrected chi connectivity index (χ2v) is 6.38. The average molecular weight is 374 g/mol. The number of hydrogen-bond donors (Lipinski definition) is 1. The fraction of sp³-hybridized carbons (Fsp3) is 0.143. The molecule has 0 fully saturated rings. The van der Waals surface area contributed by atoms with E-state index in [1.54, 1.807) is 13.3 Å². The number of fused-ring (bicyclic) bond motifs is 2. The summed E-state index contributed by atoms with van der Waals surface area (Å²) in [4.78, 5) is 9.03. The van der Waals surface area contributed by atoms with E-state index < -0.39 is 0 Å².